The lowest BCUT2D eigenvalue weighted by Gasteiger charge is -2.15. The van der Waals surface area contributed by atoms with Crippen LogP contribution in [0.1, 0.15) is 64.4 Å². The second-order valence-corrected chi connectivity index (χ2v) is 18.8. The summed E-state index contributed by atoms with van der Waals surface area (Å²) in [7, 11) is 0. The van der Waals surface area contributed by atoms with Crippen molar-refractivity contribution < 1.29 is 95.1 Å². The average Bonchev–Trinajstić information content (AvgIpc) is 3.11. The molecule has 9 rings (SSSR count). The van der Waals surface area contributed by atoms with Gasteiger partial charge in [0.25, 0.3) is 5.91 Å². The number of nitrogens with zero attached hydrogens (tertiary/aromatic N) is 4. The number of carboxylic acids is 1. The summed E-state index contributed by atoms with van der Waals surface area (Å²) >= 11 is 0. The SMILES string of the molecule is Cc1cc(-c2cnc3c(NCCC(F)(F)F)cc(Oc4ccc(OC(F)(F)F)c(F)c4)cn23)ccc1C(=O)NC1(C)CC1.Cc1cc(-c2cnc3c(NCCC(F)(F)F)cc(Oc4ccc(OC(F)(F)F)c(F)c4)cn23)ccc1C(=O)O. The smallest absolute Gasteiger partial charge is 0.478 e. The number of aromatic carboxylic acids is 1. The van der Waals surface area contributed by atoms with Crippen LogP contribution in [-0.2, 0) is 0 Å². The molecule has 1 saturated carbocycles. The Hall–Kier alpha value is -8.98. The number of hydrogen-bond acceptors (Lipinski definition) is 10. The van der Waals surface area contributed by atoms with E-state index in [9.17, 15) is 76.2 Å². The fraction of sp³-hybridized carbons (Fsp3) is 0.259. The summed E-state index contributed by atoms with van der Waals surface area (Å²) in [5, 5.41) is 17.6. The van der Waals surface area contributed by atoms with Gasteiger partial charge in [-0.05, 0) is 93.3 Å². The molecule has 4 aromatic carbocycles. The van der Waals surface area contributed by atoms with Gasteiger partial charge < -0.3 is 40.0 Å². The molecule has 28 heteroatoms. The van der Waals surface area contributed by atoms with E-state index in [1.807, 2.05) is 6.92 Å². The number of carbonyl (C=O) groups excluding carboxylic acids is 1. The van der Waals surface area contributed by atoms with Gasteiger partial charge in [-0.25, -0.2) is 23.5 Å². The number of halogens is 14. The Morgan fingerprint density at radius 3 is 1.35 bits per heavy atom. The Kier molecular flexibility index (Phi) is 16.5. The molecule has 14 nitrogen and oxygen atoms in total. The zero-order valence-electron chi connectivity index (χ0n) is 42.6. The lowest BCUT2D eigenvalue weighted by molar-refractivity contribution is -0.276. The number of imidazole rings is 2. The van der Waals surface area contributed by atoms with Crippen molar-refractivity contribution in [2.24, 2.45) is 0 Å². The molecule has 0 radical (unpaired) electrons. The van der Waals surface area contributed by atoms with Crippen molar-refractivity contribution in [2.75, 3.05) is 23.7 Å². The summed E-state index contributed by atoms with van der Waals surface area (Å²) < 4.78 is 201. The number of alkyl halides is 12. The van der Waals surface area contributed by atoms with Crippen molar-refractivity contribution in [1.29, 1.82) is 0 Å². The van der Waals surface area contributed by atoms with Crippen molar-refractivity contribution in [3.63, 3.8) is 0 Å². The van der Waals surface area contributed by atoms with E-state index in [0.29, 0.717) is 57.4 Å². The highest BCUT2D eigenvalue weighted by atomic mass is 19.4. The minimum absolute atomic E-state index is 0.0148. The number of carbonyl (C=O) groups is 2. The maximum atomic E-state index is 14.3. The third-order valence-corrected chi connectivity index (χ3v) is 12.3. The van der Waals surface area contributed by atoms with Crippen LogP contribution < -0.4 is 34.9 Å². The molecular weight excluding hydrogens is 1120 g/mol. The Bertz CT molecular complexity index is 3680. The molecule has 1 fully saturated rings. The summed E-state index contributed by atoms with van der Waals surface area (Å²) in [5.41, 5.74) is 4.34. The highest BCUT2D eigenvalue weighted by molar-refractivity contribution is 5.97. The number of fused-ring (bicyclic) bond motifs is 2. The molecule has 1 aliphatic carbocycles. The van der Waals surface area contributed by atoms with E-state index in [1.54, 1.807) is 42.5 Å². The maximum absolute atomic E-state index is 14.3. The number of aryl methyl sites for hydroxylation is 2. The van der Waals surface area contributed by atoms with Crippen LogP contribution in [0.15, 0.2) is 110 Å². The van der Waals surface area contributed by atoms with Crippen molar-refractivity contribution >= 4 is 34.5 Å². The van der Waals surface area contributed by atoms with Gasteiger partial charge in [0.2, 0.25) is 0 Å². The van der Waals surface area contributed by atoms with Crippen molar-refractivity contribution in [3.8, 4) is 57.0 Å². The van der Waals surface area contributed by atoms with Gasteiger partial charge in [0, 0.05) is 59.6 Å². The van der Waals surface area contributed by atoms with Crippen molar-refractivity contribution in [2.45, 2.75) is 77.1 Å². The standard InChI is InChI=1S/C29H25F7N4O3.C25H18F7N3O4/c1-16-11-17(3-5-20(16)26(41)39-27(2)7-8-27)23-14-38-25-22(37-10-9-28(31,32)33)13-19(15-40(23)25)42-18-4-6-24(21(30)12-18)43-29(34,35)36;1-13-8-14(2-4-17(13)23(36)37)20-11-34-22-19(33-7-6-24(27,28)29)10-16(12-35(20)22)38-15-3-5-21(18(26)9-15)39-25(30,31)32/h3-6,11-15,37H,7-10H2,1-2H3,(H,39,41);2-5,8-12,33H,6-7H2,1H3,(H,36,37). The minimum Gasteiger partial charge on any atom is -0.478 e. The first kappa shape index (κ1) is 59.1. The summed E-state index contributed by atoms with van der Waals surface area (Å²) in [6, 6.07) is 17.2. The number of anilines is 2. The lowest BCUT2D eigenvalue weighted by atomic mass is 10.0. The van der Waals surface area contributed by atoms with Crippen LogP contribution in [-0.4, -0.2) is 79.5 Å². The summed E-state index contributed by atoms with van der Waals surface area (Å²) in [6.07, 6.45) is -13.8. The molecule has 4 N–H and O–H groups in total. The fourth-order valence-electron chi connectivity index (χ4n) is 8.17. The third-order valence-electron chi connectivity index (χ3n) is 12.3. The van der Waals surface area contributed by atoms with Gasteiger partial charge >= 0.3 is 31.0 Å². The van der Waals surface area contributed by atoms with Crippen LogP contribution in [0.3, 0.4) is 0 Å². The molecule has 1 aliphatic rings. The van der Waals surface area contributed by atoms with E-state index >= 15 is 0 Å². The van der Waals surface area contributed by atoms with Gasteiger partial charge in [-0.1, -0.05) is 12.1 Å². The first-order valence-corrected chi connectivity index (χ1v) is 24.2. The molecule has 0 atom stereocenters. The number of carboxylic acid groups (broad SMARTS) is 1. The van der Waals surface area contributed by atoms with Gasteiger partial charge in [-0.15, -0.1) is 26.3 Å². The normalized spacial score (nSPS) is 13.3. The van der Waals surface area contributed by atoms with Gasteiger partial charge in [-0.2, -0.15) is 26.3 Å². The van der Waals surface area contributed by atoms with Gasteiger partial charge in [0.1, 0.15) is 23.0 Å². The second kappa shape index (κ2) is 22.9. The predicted molar refractivity (Wildman–Crippen MR) is 267 cm³/mol. The van der Waals surface area contributed by atoms with E-state index < -0.39 is 80.1 Å². The topological polar surface area (TPSA) is 162 Å². The first-order chi connectivity index (χ1) is 38.3. The van der Waals surface area contributed by atoms with E-state index in [2.05, 4.69) is 35.4 Å². The number of amides is 1. The molecule has 1 amide bonds. The molecule has 8 aromatic rings. The minimum atomic E-state index is -5.11. The summed E-state index contributed by atoms with van der Waals surface area (Å²) in [4.78, 5) is 32.8. The zero-order valence-corrected chi connectivity index (χ0v) is 42.6. The van der Waals surface area contributed by atoms with Gasteiger partial charge in [0.15, 0.2) is 34.4 Å². The zero-order chi connectivity index (χ0) is 59.7. The number of aromatic nitrogens is 4. The molecule has 0 aliphatic heterocycles. The maximum Gasteiger partial charge on any atom is 0.573 e. The number of pyridine rings is 2. The highest BCUT2D eigenvalue weighted by Crippen LogP contribution is 2.38. The van der Waals surface area contributed by atoms with Crippen LogP contribution >= 0.6 is 0 Å². The van der Waals surface area contributed by atoms with Crippen LogP contribution in [0.2, 0.25) is 0 Å². The predicted octanol–water partition coefficient (Wildman–Crippen LogP) is 15.0. The van der Waals surface area contributed by atoms with Crippen LogP contribution in [0.5, 0.6) is 34.5 Å². The van der Waals surface area contributed by atoms with Gasteiger partial charge in [-0.3, -0.25) is 13.6 Å². The van der Waals surface area contributed by atoms with E-state index in [0.717, 1.165) is 31.0 Å². The van der Waals surface area contributed by atoms with Crippen molar-refractivity contribution in [1.82, 2.24) is 24.1 Å². The van der Waals surface area contributed by atoms with Gasteiger partial charge in [0.05, 0.1) is 66.0 Å². The molecule has 0 saturated heterocycles. The number of nitrogens with one attached hydrogen (secondary N) is 3. The van der Waals surface area contributed by atoms with Crippen molar-refractivity contribution in [3.05, 3.63) is 144 Å². The summed E-state index contributed by atoms with van der Waals surface area (Å²) in [5.74, 6) is -6.54. The van der Waals surface area contributed by atoms with E-state index in [4.69, 9.17) is 9.47 Å². The molecule has 0 spiro atoms. The van der Waals surface area contributed by atoms with Crippen LogP contribution in [0.4, 0.5) is 72.8 Å². The van der Waals surface area contributed by atoms with E-state index in [-0.39, 0.29) is 62.7 Å². The molecule has 82 heavy (non-hydrogen) atoms. The largest absolute Gasteiger partial charge is 0.573 e. The number of hydrogen-bond donors (Lipinski definition) is 4. The van der Waals surface area contributed by atoms with E-state index in [1.165, 1.54) is 53.5 Å². The Morgan fingerprint density at radius 2 is 1.00 bits per heavy atom. The second-order valence-electron chi connectivity index (χ2n) is 18.8. The summed E-state index contributed by atoms with van der Waals surface area (Å²) in [6.45, 7) is 4.35. The molecule has 4 aromatic heterocycles. The number of ether oxygens (including phenoxy) is 4. The molecule has 0 bridgehead atoms. The molecule has 4 heterocycles. The average molecular weight is 1170 g/mol. The molecule has 0 unspecified atom stereocenters. The molecular formula is C54H43F14N7O7. The third kappa shape index (κ3) is 15.3. The van der Waals surface area contributed by atoms with Crippen LogP contribution in [0, 0.1) is 25.5 Å². The quantitative estimate of drug-likeness (QED) is 0.0642. The molecule has 434 valence electrons. The Labute approximate surface area is 454 Å². The first-order valence-electron chi connectivity index (χ1n) is 24.2. The Morgan fingerprint density at radius 1 is 0.585 bits per heavy atom. The number of rotatable bonds is 17. The van der Waals surface area contributed by atoms with Crippen LogP contribution in [0.25, 0.3) is 33.8 Å². The highest BCUT2D eigenvalue weighted by Gasteiger charge is 2.39. The fourth-order valence-corrected chi connectivity index (χ4v) is 8.17. The lowest BCUT2D eigenvalue weighted by Crippen LogP contribution is -2.34. The Balaban J connectivity index is 0.000000216. The monoisotopic (exact) mass is 1170 g/mol. The number of benzene rings is 4.